The number of rotatable bonds is 5. The largest absolute Gasteiger partial charge is 0.417 e. The van der Waals surface area contributed by atoms with Gasteiger partial charge in [0.25, 0.3) is 0 Å². The maximum atomic E-state index is 13.3. The number of nitrogens with zero attached hydrogens (tertiary/aromatic N) is 2. The normalized spacial score (nSPS) is 16.9. The van der Waals surface area contributed by atoms with E-state index in [0.717, 1.165) is 27.4 Å². The molecule has 1 saturated heterocycles. The predicted molar refractivity (Wildman–Crippen MR) is 114 cm³/mol. The summed E-state index contributed by atoms with van der Waals surface area (Å²) in [6.45, 7) is 1.83. The van der Waals surface area contributed by atoms with Crippen LogP contribution in [0.4, 0.5) is 13.2 Å². The third kappa shape index (κ3) is 5.54. The molecule has 0 radical (unpaired) electrons. The second kappa shape index (κ2) is 9.40. The fourth-order valence-corrected chi connectivity index (χ4v) is 5.95. The zero-order chi connectivity index (χ0) is 22.8. The van der Waals surface area contributed by atoms with E-state index in [4.69, 9.17) is 11.6 Å². The predicted octanol–water partition coefficient (Wildman–Crippen LogP) is 4.37. The lowest BCUT2D eigenvalue weighted by molar-refractivity contribution is -0.139. The molecule has 11 heteroatoms. The van der Waals surface area contributed by atoms with Crippen LogP contribution in [-0.4, -0.2) is 55.0 Å². The van der Waals surface area contributed by atoms with Gasteiger partial charge in [-0.05, 0) is 43.3 Å². The Kier molecular flexibility index (Phi) is 7.25. The summed E-state index contributed by atoms with van der Waals surface area (Å²) in [5, 5.41) is 0.183. The van der Waals surface area contributed by atoms with E-state index in [9.17, 15) is 26.4 Å². The Hall–Kier alpha value is -1.75. The van der Waals surface area contributed by atoms with Crippen LogP contribution in [0.5, 0.6) is 0 Å². The second-order valence-electron chi connectivity index (χ2n) is 6.94. The Labute approximate surface area is 188 Å². The van der Waals surface area contributed by atoms with Gasteiger partial charge in [0.1, 0.15) is 0 Å². The standard InChI is InChI=1S/C20H20ClF3N2O3S2/c1-14(30-16-8-6-15(21)7-9-16)19(27)25-10-12-26(13-11-25)31(28,29)18-5-3-2-4-17(18)20(22,23)24/h2-9,14H,10-13H2,1H3/t14-/m1/s1. The molecule has 0 spiro atoms. The summed E-state index contributed by atoms with van der Waals surface area (Å²) in [7, 11) is -4.34. The highest BCUT2D eigenvalue weighted by atomic mass is 35.5. The van der Waals surface area contributed by atoms with Gasteiger partial charge in [0.2, 0.25) is 15.9 Å². The van der Waals surface area contributed by atoms with E-state index in [0.29, 0.717) is 5.02 Å². The van der Waals surface area contributed by atoms with Gasteiger partial charge in [-0.1, -0.05) is 23.7 Å². The maximum Gasteiger partial charge on any atom is 0.417 e. The summed E-state index contributed by atoms with van der Waals surface area (Å²) in [4.78, 5) is 14.4. The number of alkyl halides is 3. The molecule has 1 aliphatic rings. The average Bonchev–Trinajstić information content (AvgIpc) is 2.74. The molecule has 1 atom stereocenters. The fourth-order valence-electron chi connectivity index (χ4n) is 3.24. The van der Waals surface area contributed by atoms with E-state index in [1.807, 2.05) is 0 Å². The van der Waals surface area contributed by atoms with Gasteiger partial charge in [0.05, 0.1) is 15.7 Å². The number of hydrogen-bond donors (Lipinski definition) is 0. The smallest absolute Gasteiger partial charge is 0.339 e. The van der Waals surface area contributed by atoms with E-state index in [-0.39, 0.29) is 32.1 Å². The lowest BCUT2D eigenvalue weighted by Crippen LogP contribution is -2.52. The molecule has 5 nitrogen and oxygen atoms in total. The Bertz CT molecular complexity index is 1040. The molecule has 2 aromatic rings. The van der Waals surface area contributed by atoms with Crippen molar-refractivity contribution in [2.75, 3.05) is 26.2 Å². The summed E-state index contributed by atoms with van der Waals surface area (Å²) in [5.74, 6) is -0.160. The molecule has 168 valence electrons. The molecule has 1 fully saturated rings. The van der Waals surface area contributed by atoms with Crippen LogP contribution in [0.3, 0.4) is 0 Å². The van der Waals surface area contributed by atoms with E-state index < -0.39 is 31.9 Å². The Morgan fingerprint density at radius 1 is 1.03 bits per heavy atom. The van der Waals surface area contributed by atoms with Crippen LogP contribution in [0.2, 0.25) is 5.02 Å². The van der Waals surface area contributed by atoms with Gasteiger partial charge in [-0.2, -0.15) is 17.5 Å². The number of thioether (sulfide) groups is 1. The molecule has 0 aromatic heterocycles. The van der Waals surface area contributed by atoms with Crippen molar-refractivity contribution in [2.45, 2.75) is 28.1 Å². The number of hydrogen-bond acceptors (Lipinski definition) is 4. The van der Waals surface area contributed by atoms with Crippen LogP contribution < -0.4 is 0 Å². The number of carbonyl (C=O) groups excluding carboxylic acids is 1. The first-order chi connectivity index (χ1) is 14.5. The number of benzene rings is 2. The highest BCUT2D eigenvalue weighted by Crippen LogP contribution is 2.35. The van der Waals surface area contributed by atoms with Crippen molar-refractivity contribution in [2.24, 2.45) is 0 Å². The van der Waals surface area contributed by atoms with Crippen molar-refractivity contribution < 1.29 is 26.4 Å². The SMILES string of the molecule is C[C@@H](Sc1ccc(Cl)cc1)C(=O)N1CCN(S(=O)(=O)c2ccccc2C(F)(F)F)CC1. The molecule has 0 aliphatic carbocycles. The zero-order valence-corrected chi connectivity index (χ0v) is 18.9. The first-order valence-corrected chi connectivity index (χ1v) is 12.1. The minimum atomic E-state index is -4.78. The van der Waals surface area contributed by atoms with Gasteiger partial charge < -0.3 is 4.90 Å². The Morgan fingerprint density at radius 3 is 2.19 bits per heavy atom. The molecule has 0 unspecified atom stereocenters. The topological polar surface area (TPSA) is 57.7 Å². The molecule has 31 heavy (non-hydrogen) atoms. The van der Waals surface area contributed by atoms with Crippen LogP contribution in [0.15, 0.2) is 58.3 Å². The van der Waals surface area contributed by atoms with Gasteiger partial charge in [-0.15, -0.1) is 11.8 Å². The molecule has 2 aromatic carbocycles. The van der Waals surface area contributed by atoms with E-state index >= 15 is 0 Å². The maximum absolute atomic E-state index is 13.3. The highest BCUT2D eigenvalue weighted by Gasteiger charge is 2.40. The highest BCUT2D eigenvalue weighted by molar-refractivity contribution is 8.00. The second-order valence-corrected chi connectivity index (χ2v) is 10.7. The number of carbonyl (C=O) groups is 1. The molecule has 0 bridgehead atoms. The van der Waals surface area contributed by atoms with Crippen molar-refractivity contribution >= 4 is 39.3 Å². The molecular weight excluding hydrogens is 473 g/mol. The van der Waals surface area contributed by atoms with Crippen LogP contribution in [-0.2, 0) is 21.0 Å². The van der Waals surface area contributed by atoms with Crippen LogP contribution >= 0.6 is 23.4 Å². The molecule has 0 N–H and O–H groups in total. The minimum absolute atomic E-state index is 0.0708. The Balaban J connectivity index is 1.66. The van der Waals surface area contributed by atoms with E-state index in [1.165, 1.54) is 22.7 Å². The third-order valence-electron chi connectivity index (χ3n) is 4.83. The van der Waals surface area contributed by atoms with E-state index in [2.05, 4.69) is 0 Å². The molecule has 3 rings (SSSR count). The van der Waals surface area contributed by atoms with Gasteiger partial charge in [-0.25, -0.2) is 8.42 Å². The minimum Gasteiger partial charge on any atom is -0.339 e. The van der Waals surface area contributed by atoms with Crippen molar-refractivity contribution in [3.8, 4) is 0 Å². The van der Waals surface area contributed by atoms with Crippen molar-refractivity contribution in [3.05, 3.63) is 59.1 Å². The number of halogens is 4. The molecule has 1 aliphatic heterocycles. The number of piperazine rings is 1. The quantitative estimate of drug-likeness (QED) is 0.581. The monoisotopic (exact) mass is 492 g/mol. The van der Waals surface area contributed by atoms with Crippen LogP contribution in [0.25, 0.3) is 0 Å². The number of sulfonamides is 1. The average molecular weight is 493 g/mol. The van der Waals surface area contributed by atoms with Gasteiger partial charge in [0.15, 0.2) is 0 Å². The van der Waals surface area contributed by atoms with Crippen molar-refractivity contribution in [1.29, 1.82) is 0 Å². The molecule has 1 amide bonds. The summed E-state index contributed by atoms with van der Waals surface area (Å²) in [6, 6.07) is 11.2. The Morgan fingerprint density at radius 2 is 1.61 bits per heavy atom. The van der Waals surface area contributed by atoms with Crippen molar-refractivity contribution in [3.63, 3.8) is 0 Å². The number of amides is 1. The lowest BCUT2D eigenvalue weighted by atomic mass is 10.2. The lowest BCUT2D eigenvalue weighted by Gasteiger charge is -2.35. The summed E-state index contributed by atoms with van der Waals surface area (Å²) in [6.07, 6.45) is -4.78. The van der Waals surface area contributed by atoms with Gasteiger partial charge >= 0.3 is 6.18 Å². The summed E-state index contributed by atoms with van der Waals surface area (Å²) in [5.41, 5.74) is -1.19. The first-order valence-electron chi connectivity index (χ1n) is 9.37. The third-order valence-corrected chi connectivity index (χ3v) is 8.14. The molecule has 1 heterocycles. The van der Waals surface area contributed by atoms with E-state index in [1.54, 1.807) is 31.2 Å². The fraction of sp³-hybridized carbons (Fsp3) is 0.350. The summed E-state index contributed by atoms with van der Waals surface area (Å²) >= 11 is 7.22. The summed E-state index contributed by atoms with van der Waals surface area (Å²) < 4.78 is 66.5. The van der Waals surface area contributed by atoms with Crippen LogP contribution in [0.1, 0.15) is 12.5 Å². The van der Waals surface area contributed by atoms with Gasteiger partial charge in [0, 0.05) is 36.1 Å². The van der Waals surface area contributed by atoms with Crippen molar-refractivity contribution in [1.82, 2.24) is 9.21 Å². The zero-order valence-electron chi connectivity index (χ0n) is 16.5. The van der Waals surface area contributed by atoms with Crippen LogP contribution in [0, 0.1) is 0 Å². The molecular formula is C20H20ClF3N2O3S2. The molecule has 0 saturated carbocycles. The van der Waals surface area contributed by atoms with Gasteiger partial charge in [-0.3, -0.25) is 4.79 Å². The first kappa shape index (κ1) is 23.9.